The zero-order valence-electron chi connectivity index (χ0n) is 11.0. The molecule has 1 saturated carbocycles. The fraction of sp³-hybridized carbons (Fsp3) is 0.357. The summed E-state index contributed by atoms with van der Waals surface area (Å²) in [6.45, 7) is 2.40. The Morgan fingerprint density at radius 2 is 2.30 bits per heavy atom. The number of rotatable bonds is 4. The zero-order valence-corrected chi connectivity index (χ0v) is 12.6. The van der Waals surface area contributed by atoms with E-state index in [1.807, 2.05) is 0 Å². The van der Waals surface area contributed by atoms with Crippen molar-refractivity contribution in [2.45, 2.75) is 32.2 Å². The van der Waals surface area contributed by atoms with Crippen molar-refractivity contribution in [3.63, 3.8) is 0 Å². The minimum absolute atomic E-state index is 0.463. The standard InChI is InChI=1S/C14H13ClN4S/c1-8-10(5-16)4-12(15)13(18-8)17-6-11-7-20-14(19-11)9-2-3-9/h4,7,9H,2-3,6H2,1H3,(H,17,18). The molecule has 102 valence electrons. The SMILES string of the molecule is Cc1nc(NCc2csc(C3CC3)n2)c(Cl)cc1C#N. The maximum atomic E-state index is 8.92. The van der Waals surface area contributed by atoms with Crippen LogP contribution in [0.3, 0.4) is 0 Å². The molecule has 0 radical (unpaired) electrons. The van der Waals surface area contributed by atoms with Crippen LogP contribution in [0.15, 0.2) is 11.4 Å². The molecule has 0 unspecified atom stereocenters. The van der Waals surface area contributed by atoms with Gasteiger partial charge in [0, 0.05) is 11.3 Å². The van der Waals surface area contributed by atoms with E-state index in [0.29, 0.717) is 34.6 Å². The highest BCUT2D eigenvalue weighted by Crippen LogP contribution is 2.41. The average Bonchev–Trinajstić information content (AvgIpc) is 3.19. The van der Waals surface area contributed by atoms with Gasteiger partial charge in [-0.3, -0.25) is 0 Å². The predicted octanol–water partition coefficient (Wildman–Crippen LogP) is 3.86. The van der Waals surface area contributed by atoms with E-state index in [1.165, 1.54) is 17.8 Å². The molecule has 0 atom stereocenters. The Morgan fingerprint density at radius 1 is 1.50 bits per heavy atom. The Balaban J connectivity index is 1.71. The molecule has 0 aliphatic heterocycles. The van der Waals surface area contributed by atoms with E-state index in [9.17, 15) is 0 Å². The van der Waals surface area contributed by atoms with Crippen molar-refractivity contribution in [1.29, 1.82) is 5.26 Å². The van der Waals surface area contributed by atoms with Crippen LogP contribution in [0.4, 0.5) is 5.82 Å². The van der Waals surface area contributed by atoms with Crippen LogP contribution < -0.4 is 5.32 Å². The van der Waals surface area contributed by atoms with Crippen LogP contribution in [0.1, 0.15) is 40.7 Å². The molecule has 4 nitrogen and oxygen atoms in total. The highest BCUT2D eigenvalue weighted by molar-refractivity contribution is 7.09. The van der Waals surface area contributed by atoms with E-state index in [-0.39, 0.29) is 0 Å². The summed E-state index contributed by atoms with van der Waals surface area (Å²) in [6.07, 6.45) is 2.53. The molecule has 0 amide bonds. The summed E-state index contributed by atoms with van der Waals surface area (Å²) in [7, 11) is 0. The maximum absolute atomic E-state index is 8.92. The molecule has 0 aromatic carbocycles. The van der Waals surface area contributed by atoms with Crippen molar-refractivity contribution in [3.05, 3.63) is 38.4 Å². The third-order valence-electron chi connectivity index (χ3n) is 3.22. The number of nitrogens with zero attached hydrogens (tertiary/aromatic N) is 3. The highest BCUT2D eigenvalue weighted by Gasteiger charge is 2.26. The average molecular weight is 305 g/mol. The van der Waals surface area contributed by atoms with Crippen LogP contribution in [0, 0.1) is 18.3 Å². The van der Waals surface area contributed by atoms with Gasteiger partial charge in [-0.2, -0.15) is 5.26 Å². The minimum atomic E-state index is 0.463. The van der Waals surface area contributed by atoms with Crippen molar-refractivity contribution in [3.8, 4) is 6.07 Å². The number of aromatic nitrogens is 2. The van der Waals surface area contributed by atoms with Crippen LogP contribution in [0.2, 0.25) is 5.02 Å². The number of hydrogen-bond donors (Lipinski definition) is 1. The van der Waals surface area contributed by atoms with Crippen LogP contribution in [-0.2, 0) is 6.54 Å². The van der Waals surface area contributed by atoms with Crippen molar-refractivity contribution in [2.75, 3.05) is 5.32 Å². The number of hydrogen-bond acceptors (Lipinski definition) is 5. The molecule has 2 aromatic rings. The third kappa shape index (κ3) is 2.77. The van der Waals surface area contributed by atoms with Gasteiger partial charge in [0.1, 0.15) is 11.9 Å². The Labute approximate surface area is 126 Å². The van der Waals surface area contributed by atoms with E-state index >= 15 is 0 Å². The van der Waals surface area contributed by atoms with Crippen LogP contribution in [0.5, 0.6) is 0 Å². The molecule has 3 rings (SSSR count). The molecule has 1 aliphatic carbocycles. The fourth-order valence-electron chi connectivity index (χ4n) is 1.91. The van der Waals surface area contributed by atoms with Gasteiger partial charge >= 0.3 is 0 Å². The van der Waals surface area contributed by atoms with Gasteiger partial charge in [0.05, 0.1) is 33.5 Å². The molecular formula is C14H13ClN4S. The number of thiazole rings is 1. The largest absolute Gasteiger partial charge is 0.363 e. The van der Waals surface area contributed by atoms with Crippen molar-refractivity contribution >= 4 is 28.8 Å². The van der Waals surface area contributed by atoms with Gasteiger partial charge in [-0.25, -0.2) is 9.97 Å². The molecule has 2 aromatic heterocycles. The van der Waals surface area contributed by atoms with Gasteiger partial charge in [-0.15, -0.1) is 11.3 Å². The molecule has 0 saturated heterocycles. The van der Waals surface area contributed by atoms with Crippen LogP contribution in [0.25, 0.3) is 0 Å². The molecule has 1 N–H and O–H groups in total. The molecule has 0 spiro atoms. The first-order chi connectivity index (χ1) is 9.67. The van der Waals surface area contributed by atoms with Gasteiger partial charge in [0.25, 0.3) is 0 Å². The Morgan fingerprint density at radius 3 is 3.00 bits per heavy atom. The summed E-state index contributed by atoms with van der Waals surface area (Å²) in [5.41, 5.74) is 2.19. The first-order valence-electron chi connectivity index (χ1n) is 6.43. The van der Waals surface area contributed by atoms with Crippen molar-refractivity contribution in [2.24, 2.45) is 0 Å². The molecule has 1 aliphatic rings. The van der Waals surface area contributed by atoms with Crippen molar-refractivity contribution < 1.29 is 0 Å². The summed E-state index contributed by atoms with van der Waals surface area (Å²) in [6, 6.07) is 3.72. The summed E-state index contributed by atoms with van der Waals surface area (Å²) in [5, 5.41) is 15.9. The lowest BCUT2D eigenvalue weighted by Gasteiger charge is -2.07. The molecule has 0 bridgehead atoms. The minimum Gasteiger partial charge on any atom is -0.363 e. The highest BCUT2D eigenvalue weighted by atomic mass is 35.5. The Bertz CT molecular complexity index is 685. The summed E-state index contributed by atoms with van der Waals surface area (Å²) < 4.78 is 0. The Kier molecular flexibility index (Phi) is 3.60. The first-order valence-corrected chi connectivity index (χ1v) is 7.68. The van der Waals surface area contributed by atoms with Crippen molar-refractivity contribution in [1.82, 2.24) is 9.97 Å². The molecule has 2 heterocycles. The van der Waals surface area contributed by atoms with Gasteiger partial charge in [-0.1, -0.05) is 11.6 Å². The number of nitriles is 1. The lowest BCUT2D eigenvalue weighted by atomic mass is 10.2. The number of pyridine rings is 1. The van der Waals surface area contributed by atoms with E-state index in [0.717, 1.165) is 5.69 Å². The monoisotopic (exact) mass is 304 g/mol. The van der Waals surface area contributed by atoms with Gasteiger partial charge in [-0.05, 0) is 25.8 Å². The van der Waals surface area contributed by atoms with E-state index in [4.69, 9.17) is 16.9 Å². The predicted molar refractivity (Wildman–Crippen MR) is 80.1 cm³/mol. The van der Waals surface area contributed by atoms with E-state index < -0.39 is 0 Å². The lowest BCUT2D eigenvalue weighted by molar-refractivity contribution is 0.991. The van der Waals surface area contributed by atoms with Gasteiger partial charge in [0.2, 0.25) is 0 Å². The second kappa shape index (κ2) is 5.39. The van der Waals surface area contributed by atoms with E-state index in [2.05, 4.69) is 26.7 Å². The number of nitrogens with one attached hydrogen (secondary N) is 1. The maximum Gasteiger partial charge on any atom is 0.145 e. The van der Waals surface area contributed by atoms with Gasteiger partial charge in [0.15, 0.2) is 0 Å². The first kappa shape index (κ1) is 13.3. The Hall–Kier alpha value is -1.64. The third-order valence-corrected chi connectivity index (χ3v) is 4.56. The summed E-state index contributed by atoms with van der Waals surface area (Å²) in [4.78, 5) is 8.93. The number of anilines is 1. The topological polar surface area (TPSA) is 61.6 Å². The molecule has 1 fully saturated rings. The van der Waals surface area contributed by atoms with Crippen LogP contribution in [-0.4, -0.2) is 9.97 Å². The summed E-state index contributed by atoms with van der Waals surface area (Å²) >= 11 is 7.84. The fourth-order valence-corrected chi connectivity index (χ4v) is 3.12. The van der Waals surface area contributed by atoms with Crippen LogP contribution >= 0.6 is 22.9 Å². The molecule has 20 heavy (non-hydrogen) atoms. The van der Waals surface area contributed by atoms with E-state index in [1.54, 1.807) is 24.3 Å². The zero-order chi connectivity index (χ0) is 14.1. The quantitative estimate of drug-likeness (QED) is 0.931. The lowest BCUT2D eigenvalue weighted by Crippen LogP contribution is -2.04. The molecular weight excluding hydrogens is 292 g/mol. The summed E-state index contributed by atoms with van der Waals surface area (Å²) in [5.74, 6) is 1.29. The normalized spacial score (nSPS) is 14.1. The smallest absolute Gasteiger partial charge is 0.145 e. The second-order valence-electron chi connectivity index (χ2n) is 4.87. The number of aryl methyl sites for hydroxylation is 1. The second-order valence-corrected chi connectivity index (χ2v) is 6.17. The van der Waals surface area contributed by atoms with Gasteiger partial charge < -0.3 is 5.32 Å². The number of halogens is 1. The molecule has 6 heteroatoms.